The number of carbonyl (C=O) groups is 2. The molecular weight excluding hydrogens is 401 g/mol. The van der Waals surface area contributed by atoms with Crippen molar-refractivity contribution < 1.29 is 14.0 Å². The van der Waals surface area contributed by atoms with E-state index in [2.05, 4.69) is 10.6 Å². The predicted octanol–water partition coefficient (Wildman–Crippen LogP) is 4.52. The van der Waals surface area contributed by atoms with E-state index in [1.807, 2.05) is 11.0 Å². The van der Waals surface area contributed by atoms with Crippen LogP contribution in [0.2, 0.25) is 5.02 Å². The van der Waals surface area contributed by atoms with Crippen LogP contribution < -0.4 is 15.5 Å². The van der Waals surface area contributed by atoms with E-state index in [1.54, 1.807) is 24.3 Å². The molecule has 0 radical (unpaired) electrons. The summed E-state index contributed by atoms with van der Waals surface area (Å²) in [5.41, 5.74) is 1.60. The van der Waals surface area contributed by atoms with Gasteiger partial charge in [-0.25, -0.2) is 4.39 Å². The molecule has 0 saturated carbocycles. The molecule has 0 spiro atoms. The van der Waals surface area contributed by atoms with Crippen molar-refractivity contribution >= 4 is 52.2 Å². The number of thioether (sulfide) groups is 1. The number of fused-ring (bicyclic) bond motifs is 1. The lowest BCUT2D eigenvalue weighted by Crippen LogP contribution is -2.32. The molecule has 5 nitrogen and oxygen atoms in total. The van der Waals surface area contributed by atoms with Gasteiger partial charge in [0.2, 0.25) is 11.8 Å². The van der Waals surface area contributed by atoms with Gasteiger partial charge in [0.05, 0.1) is 16.6 Å². The zero-order valence-electron chi connectivity index (χ0n) is 15.0. The smallest absolute Gasteiger partial charge is 0.238 e. The Morgan fingerprint density at radius 3 is 2.79 bits per heavy atom. The van der Waals surface area contributed by atoms with E-state index in [4.69, 9.17) is 11.6 Å². The van der Waals surface area contributed by atoms with Crippen LogP contribution in [0.4, 0.5) is 21.5 Å². The minimum Gasteiger partial charge on any atom is -0.369 e. The standard InChI is InChI=1S/C20H19ClFN3O2S/c21-12-3-6-17-15(9-12)24-20(27)18(28-17)11-19(26)23-13-4-5-16(14(22)10-13)25-7-1-2-8-25/h3-6,9-10,18H,1-2,7-8,11H2,(H,23,26)(H,24,27). The number of nitrogens with zero attached hydrogens (tertiary/aromatic N) is 1. The summed E-state index contributed by atoms with van der Waals surface area (Å²) in [6.07, 6.45) is 2.12. The Labute approximate surface area is 171 Å². The zero-order valence-corrected chi connectivity index (χ0v) is 16.6. The Hall–Kier alpha value is -2.25. The second kappa shape index (κ2) is 8.01. The Bertz CT molecular complexity index is 934. The largest absolute Gasteiger partial charge is 0.369 e. The number of nitrogens with one attached hydrogen (secondary N) is 2. The molecule has 1 fully saturated rings. The minimum absolute atomic E-state index is 0.00589. The van der Waals surface area contributed by atoms with Gasteiger partial charge in [-0.05, 0) is 49.2 Å². The second-order valence-corrected chi connectivity index (χ2v) is 8.53. The van der Waals surface area contributed by atoms with E-state index in [9.17, 15) is 14.0 Å². The summed E-state index contributed by atoms with van der Waals surface area (Å²) >= 11 is 7.27. The van der Waals surface area contributed by atoms with E-state index in [1.165, 1.54) is 17.8 Å². The molecule has 1 atom stereocenters. The van der Waals surface area contributed by atoms with Gasteiger partial charge in [-0.3, -0.25) is 9.59 Å². The fourth-order valence-electron chi connectivity index (χ4n) is 3.44. The van der Waals surface area contributed by atoms with Crippen LogP contribution in [0.3, 0.4) is 0 Å². The first kappa shape index (κ1) is 19.1. The first-order chi connectivity index (χ1) is 13.5. The highest BCUT2D eigenvalue weighted by Crippen LogP contribution is 2.38. The first-order valence-electron chi connectivity index (χ1n) is 9.11. The van der Waals surface area contributed by atoms with Gasteiger partial charge in [-0.2, -0.15) is 0 Å². The molecule has 2 aromatic carbocycles. The van der Waals surface area contributed by atoms with Crippen LogP contribution in [0.25, 0.3) is 0 Å². The highest BCUT2D eigenvalue weighted by Gasteiger charge is 2.29. The van der Waals surface area contributed by atoms with E-state index in [0.717, 1.165) is 30.8 Å². The summed E-state index contributed by atoms with van der Waals surface area (Å²) in [6.45, 7) is 1.70. The number of rotatable bonds is 4. The maximum Gasteiger partial charge on any atom is 0.238 e. The molecule has 1 unspecified atom stereocenters. The van der Waals surface area contributed by atoms with Crippen molar-refractivity contribution in [3.63, 3.8) is 0 Å². The summed E-state index contributed by atoms with van der Waals surface area (Å²) in [4.78, 5) is 27.5. The lowest BCUT2D eigenvalue weighted by molar-refractivity contribution is -0.120. The number of hydrogen-bond donors (Lipinski definition) is 2. The molecule has 8 heteroatoms. The van der Waals surface area contributed by atoms with Crippen LogP contribution in [0.5, 0.6) is 0 Å². The Morgan fingerprint density at radius 2 is 2.04 bits per heavy atom. The number of carbonyl (C=O) groups excluding carboxylic acids is 2. The molecule has 0 aliphatic carbocycles. The third-order valence-corrected chi connectivity index (χ3v) is 6.32. The highest BCUT2D eigenvalue weighted by molar-refractivity contribution is 8.01. The fourth-order valence-corrected chi connectivity index (χ4v) is 4.70. The van der Waals surface area contributed by atoms with Gasteiger partial charge >= 0.3 is 0 Å². The molecule has 2 amide bonds. The van der Waals surface area contributed by atoms with Gasteiger partial charge in [-0.15, -0.1) is 11.8 Å². The molecule has 1 saturated heterocycles. The van der Waals surface area contributed by atoms with Crippen molar-refractivity contribution in [3.8, 4) is 0 Å². The monoisotopic (exact) mass is 419 g/mol. The summed E-state index contributed by atoms with van der Waals surface area (Å²) in [7, 11) is 0. The molecule has 2 heterocycles. The van der Waals surface area contributed by atoms with Crippen molar-refractivity contribution in [2.75, 3.05) is 28.6 Å². The lowest BCUT2D eigenvalue weighted by atomic mass is 10.2. The Balaban J connectivity index is 1.40. The van der Waals surface area contributed by atoms with E-state index in [0.29, 0.717) is 22.1 Å². The van der Waals surface area contributed by atoms with Gasteiger partial charge in [0.15, 0.2) is 0 Å². The van der Waals surface area contributed by atoms with Crippen molar-refractivity contribution in [3.05, 3.63) is 47.2 Å². The van der Waals surface area contributed by atoms with Gasteiger partial charge in [0.25, 0.3) is 0 Å². The average Bonchev–Trinajstić information content (AvgIpc) is 3.17. The number of benzene rings is 2. The maximum absolute atomic E-state index is 14.4. The summed E-state index contributed by atoms with van der Waals surface area (Å²) in [5.74, 6) is -0.931. The van der Waals surface area contributed by atoms with Gasteiger partial charge in [-0.1, -0.05) is 11.6 Å². The van der Waals surface area contributed by atoms with Crippen molar-refractivity contribution in [1.29, 1.82) is 0 Å². The van der Waals surface area contributed by atoms with E-state index < -0.39 is 5.25 Å². The normalized spacial score (nSPS) is 18.6. The zero-order chi connectivity index (χ0) is 19.7. The molecule has 2 aromatic rings. The molecule has 28 heavy (non-hydrogen) atoms. The van der Waals surface area contributed by atoms with Crippen LogP contribution in [0, 0.1) is 5.82 Å². The maximum atomic E-state index is 14.4. The van der Waals surface area contributed by atoms with Crippen LogP contribution in [0.15, 0.2) is 41.3 Å². The second-order valence-electron chi connectivity index (χ2n) is 6.85. The third kappa shape index (κ3) is 4.10. The number of hydrogen-bond acceptors (Lipinski definition) is 4. The van der Waals surface area contributed by atoms with Gasteiger partial charge in [0, 0.05) is 35.1 Å². The van der Waals surface area contributed by atoms with Crippen LogP contribution in [0.1, 0.15) is 19.3 Å². The van der Waals surface area contributed by atoms with Crippen molar-refractivity contribution in [2.24, 2.45) is 0 Å². The molecule has 0 bridgehead atoms. The molecule has 0 aromatic heterocycles. The highest BCUT2D eigenvalue weighted by atomic mass is 35.5. The molecule has 2 aliphatic heterocycles. The number of anilines is 3. The summed E-state index contributed by atoms with van der Waals surface area (Å²) in [5, 5.41) is 5.45. The lowest BCUT2D eigenvalue weighted by Gasteiger charge is -2.24. The van der Waals surface area contributed by atoms with Crippen molar-refractivity contribution in [1.82, 2.24) is 0 Å². The average molecular weight is 420 g/mol. The van der Waals surface area contributed by atoms with Crippen LogP contribution in [-0.4, -0.2) is 30.2 Å². The summed E-state index contributed by atoms with van der Waals surface area (Å²) in [6, 6.07) is 9.96. The number of amides is 2. The molecule has 4 rings (SSSR count). The Kier molecular flexibility index (Phi) is 5.46. The SMILES string of the molecule is O=C(CC1Sc2ccc(Cl)cc2NC1=O)Nc1ccc(N2CCCC2)c(F)c1. The third-order valence-electron chi connectivity index (χ3n) is 4.81. The predicted molar refractivity (Wildman–Crippen MR) is 111 cm³/mol. The van der Waals surface area contributed by atoms with Gasteiger partial charge < -0.3 is 15.5 Å². The molecule has 146 valence electrons. The molecular formula is C20H19ClFN3O2S. The number of halogens is 2. The fraction of sp³-hybridized carbons (Fsp3) is 0.300. The van der Waals surface area contributed by atoms with Crippen LogP contribution in [-0.2, 0) is 9.59 Å². The first-order valence-corrected chi connectivity index (χ1v) is 10.4. The Morgan fingerprint density at radius 1 is 1.25 bits per heavy atom. The molecule has 2 N–H and O–H groups in total. The summed E-state index contributed by atoms with van der Waals surface area (Å²) < 4.78 is 14.4. The van der Waals surface area contributed by atoms with Crippen molar-refractivity contribution in [2.45, 2.75) is 29.4 Å². The van der Waals surface area contributed by atoms with E-state index in [-0.39, 0.29) is 24.1 Å². The minimum atomic E-state index is -0.553. The topological polar surface area (TPSA) is 61.4 Å². The van der Waals surface area contributed by atoms with Gasteiger partial charge in [0.1, 0.15) is 5.82 Å². The van der Waals surface area contributed by atoms with E-state index >= 15 is 0 Å². The van der Waals surface area contributed by atoms with Crippen LogP contribution >= 0.6 is 23.4 Å². The quantitative estimate of drug-likeness (QED) is 0.764. The molecule has 2 aliphatic rings.